The molecule has 0 bridgehead atoms. The van der Waals surface area contributed by atoms with Crippen LogP contribution in [0.4, 0.5) is 0 Å². The van der Waals surface area contributed by atoms with Crippen molar-refractivity contribution in [3.63, 3.8) is 0 Å². The first kappa shape index (κ1) is 19.5. The first-order valence-corrected chi connectivity index (χ1v) is 9.40. The van der Waals surface area contributed by atoms with E-state index in [9.17, 15) is 9.59 Å². The Morgan fingerprint density at radius 3 is 2.57 bits per heavy atom. The van der Waals surface area contributed by atoms with Gasteiger partial charge in [-0.15, -0.1) is 0 Å². The molecule has 0 aliphatic heterocycles. The molecule has 30 heavy (non-hydrogen) atoms. The number of ether oxygens (including phenoxy) is 1. The minimum atomic E-state index is -0.580. The van der Waals surface area contributed by atoms with Gasteiger partial charge in [0.2, 0.25) is 0 Å². The van der Waals surface area contributed by atoms with E-state index in [1.165, 1.54) is 6.07 Å². The molecular formula is C22H16ClN3O4. The molecule has 150 valence electrons. The van der Waals surface area contributed by atoms with Crippen molar-refractivity contribution in [2.75, 3.05) is 0 Å². The summed E-state index contributed by atoms with van der Waals surface area (Å²) in [6, 6.07) is 20.8. The molecule has 0 unspecified atom stereocenters. The average Bonchev–Trinajstić information content (AvgIpc) is 3.25. The monoisotopic (exact) mass is 421 g/mol. The summed E-state index contributed by atoms with van der Waals surface area (Å²) >= 11 is 5.86. The molecule has 2 aromatic carbocycles. The molecule has 0 aliphatic carbocycles. The molecule has 2 heterocycles. The van der Waals surface area contributed by atoms with E-state index in [4.69, 9.17) is 20.8 Å². The van der Waals surface area contributed by atoms with Crippen LogP contribution in [0, 0.1) is 0 Å². The van der Waals surface area contributed by atoms with Gasteiger partial charge in [0.15, 0.2) is 5.76 Å². The van der Waals surface area contributed by atoms with Crippen molar-refractivity contribution in [3.8, 4) is 5.75 Å². The van der Waals surface area contributed by atoms with E-state index in [1.54, 1.807) is 36.4 Å². The van der Waals surface area contributed by atoms with Crippen molar-refractivity contribution >= 4 is 34.3 Å². The van der Waals surface area contributed by atoms with Crippen LogP contribution in [0.25, 0.3) is 10.9 Å². The van der Waals surface area contributed by atoms with Gasteiger partial charge in [-0.3, -0.25) is 20.4 Å². The summed E-state index contributed by atoms with van der Waals surface area (Å²) in [5, 5.41) is 1.13. The number of carbonyl (C=O) groups is 2. The van der Waals surface area contributed by atoms with E-state index in [-0.39, 0.29) is 12.4 Å². The lowest BCUT2D eigenvalue weighted by Gasteiger charge is -2.07. The number of furan rings is 1. The lowest BCUT2D eigenvalue weighted by atomic mass is 10.1. The van der Waals surface area contributed by atoms with Gasteiger partial charge < -0.3 is 9.15 Å². The maximum atomic E-state index is 12.3. The summed E-state index contributed by atoms with van der Waals surface area (Å²) in [5.74, 6) is 0.179. The molecule has 0 saturated heterocycles. The fraction of sp³-hybridized carbons (Fsp3) is 0.0455. The second kappa shape index (κ2) is 8.67. The third-order valence-electron chi connectivity index (χ3n) is 4.22. The van der Waals surface area contributed by atoms with Crippen molar-refractivity contribution in [3.05, 3.63) is 95.0 Å². The van der Waals surface area contributed by atoms with Gasteiger partial charge in [-0.1, -0.05) is 29.8 Å². The zero-order valence-electron chi connectivity index (χ0n) is 15.6. The number of rotatable bonds is 5. The highest BCUT2D eigenvalue weighted by Gasteiger charge is 2.14. The standard InChI is InChI=1S/C22H16ClN3O4/c23-20-11-7-14-12-15(6-9-18(14)24-20)21(27)25-26-22(28)19-10-8-17(30-19)13-29-16-4-2-1-3-5-16/h1-12H,13H2,(H,25,27)(H,26,28). The number of pyridine rings is 1. The maximum absolute atomic E-state index is 12.3. The third-order valence-corrected chi connectivity index (χ3v) is 4.43. The number of hydrogen-bond donors (Lipinski definition) is 2. The number of nitrogens with zero attached hydrogens (tertiary/aromatic N) is 1. The highest BCUT2D eigenvalue weighted by Crippen LogP contribution is 2.17. The van der Waals surface area contributed by atoms with Crippen LogP contribution in [0.5, 0.6) is 5.75 Å². The summed E-state index contributed by atoms with van der Waals surface area (Å²) in [7, 11) is 0. The van der Waals surface area contributed by atoms with Gasteiger partial charge in [-0.2, -0.15) is 0 Å². The SMILES string of the molecule is O=C(NNC(=O)c1ccc(COc2ccccc2)o1)c1ccc2nc(Cl)ccc2c1. The van der Waals surface area contributed by atoms with Crippen LogP contribution in [0.1, 0.15) is 26.7 Å². The zero-order valence-corrected chi connectivity index (χ0v) is 16.3. The fourth-order valence-corrected chi connectivity index (χ4v) is 2.89. The van der Waals surface area contributed by atoms with E-state index in [1.807, 2.05) is 30.3 Å². The van der Waals surface area contributed by atoms with E-state index < -0.39 is 11.8 Å². The Balaban J connectivity index is 1.33. The van der Waals surface area contributed by atoms with E-state index in [0.29, 0.717) is 27.7 Å². The lowest BCUT2D eigenvalue weighted by molar-refractivity contribution is 0.0828. The Kier molecular flexibility index (Phi) is 5.63. The highest BCUT2D eigenvalue weighted by atomic mass is 35.5. The average molecular weight is 422 g/mol. The van der Waals surface area contributed by atoms with Crippen LogP contribution < -0.4 is 15.6 Å². The third kappa shape index (κ3) is 4.59. The quantitative estimate of drug-likeness (QED) is 0.373. The van der Waals surface area contributed by atoms with Crippen molar-refractivity contribution in [1.82, 2.24) is 15.8 Å². The van der Waals surface area contributed by atoms with Gasteiger partial charge in [-0.25, -0.2) is 4.98 Å². The van der Waals surface area contributed by atoms with Gasteiger partial charge in [-0.05, 0) is 54.6 Å². The van der Waals surface area contributed by atoms with Crippen molar-refractivity contribution in [2.45, 2.75) is 6.61 Å². The zero-order chi connectivity index (χ0) is 20.9. The minimum Gasteiger partial charge on any atom is -0.486 e. The Morgan fingerprint density at radius 1 is 0.933 bits per heavy atom. The molecule has 8 heteroatoms. The molecule has 0 fully saturated rings. The van der Waals surface area contributed by atoms with Gasteiger partial charge in [0, 0.05) is 10.9 Å². The van der Waals surface area contributed by atoms with Crippen molar-refractivity contribution in [2.24, 2.45) is 0 Å². The molecule has 0 spiro atoms. The van der Waals surface area contributed by atoms with Gasteiger partial charge in [0.05, 0.1) is 5.52 Å². The smallest absolute Gasteiger partial charge is 0.305 e. The summed E-state index contributed by atoms with van der Waals surface area (Å²) < 4.78 is 11.0. The molecular weight excluding hydrogens is 406 g/mol. The Hall–Kier alpha value is -3.84. The molecule has 4 aromatic rings. The van der Waals surface area contributed by atoms with E-state index >= 15 is 0 Å². The minimum absolute atomic E-state index is 0.0549. The molecule has 0 saturated carbocycles. The number of hydrogen-bond acceptors (Lipinski definition) is 5. The topological polar surface area (TPSA) is 93.5 Å². The van der Waals surface area contributed by atoms with Crippen LogP contribution in [0.3, 0.4) is 0 Å². The van der Waals surface area contributed by atoms with E-state index in [2.05, 4.69) is 15.8 Å². The second-order valence-corrected chi connectivity index (χ2v) is 6.70. The number of amides is 2. The van der Waals surface area contributed by atoms with Crippen LogP contribution in [0.15, 0.2) is 77.2 Å². The summed E-state index contributed by atoms with van der Waals surface area (Å²) in [4.78, 5) is 28.7. The number of aromatic nitrogens is 1. The summed E-state index contributed by atoms with van der Waals surface area (Å²) in [5.41, 5.74) is 5.73. The molecule has 2 amide bonds. The highest BCUT2D eigenvalue weighted by molar-refractivity contribution is 6.29. The van der Waals surface area contributed by atoms with Crippen molar-refractivity contribution in [1.29, 1.82) is 0 Å². The second-order valence-electron chi connectivity index (χ2n) is 6.32. The first-order chi connectivity index (χ1) is 14.6. The Morgan fingerprint density at radius 2 is 1.73 bits per heavy atom. The number of benzene rings is 2. The summed E-state index contributed by atoms with van der Waals surface area (Å²) in [6.07, 6.45) is 0. The van der Waals surface area contributed by atoms with E-state index in [0.717, 1.165) is 5.39 Å². The van der Waals surface area contributed by atoms with Gasteiger partial charge in [0.25, 0.3) is 5.91 Å². The van der Waals surface area contributed by atoms with Crippen LogP contribution in [-0.4, -0.2) is 16.8 Å². The summed E-state index contributed by atoms with van der Waals surface area (Å²) in [6.45, 7) is 0.179. The molecule has 0 atom stereocenters. The molecule has 2 aromatic heterocycles. The number of para-hydroxylation sites is 1. The Labute approximate surface area is 176 Å². The number of halogens is 1. The predicted molar refractivity (Wildman–Crippen MR) is 111 cm³/mol. The molecule has 0 aliphatic rings. The molecule has 2 N–H and O–H groups in total. The first-order valence-electron chi connectivity index (χ1n) is 9.02. The van der Waals surface area contributed by atoms with Crippen LogP contribution in [-0.2, 0) is 6.61 Å². The largest absolute Gasteiger partial charge is 0.486 e. The number of hydrazine groups is 1. The maximum Gasteiger partial charge on any atom is 0.305 e. The molecule has 4 rings (SSSR count). The van der Waals surface area contributed by atoms with Crippen molar-refractivity contribution < 1.29 is 18.7 Å². The predicted octanol–water partition coefficient (Wildman–Crippen LogP) is 4.14. The number of fused-ring (bicyclic) bond motifs is 1. The van der Waals surface area contributed by atoms with Crippen LogP contribution in [0.2, 0.25) is 5.15 Å². The van der Waals surface area contributed by atoms with Gasteiger partial charge in [0.1, 0.15) is 23.3 Å². The van der Waals surface area contributed by atoms with Gasteiger partial charge >= 0.3 is 5.91 Å². The fourth-order valence-electron chi connectivity index (χ4n) is 2.74. The lowest BCUT2D eigenvalue weighted by Crippen LogP contribution is -2.41. The number of carbonyl (C=O) groups excluding carboxylic acids is 2. The van der Waals surface area contributed by atoms with Crippen LogP contribution >= 0.6 is 11.6 Å². The molecule has 7 nitrogen and oxygen atoms in total. The molecule has 0 radical (unpaired) electrons. The number of nitrogens with one attached hydrogen (secondary N) is 2. The normalized spacial score (nSPS) is 10.6. The Bertz CT molecular complexity index is 1210.